The van der Waals surface area contributed by atoms with Crippen molar-refractivity contribution in [2.75, 3.05) is 41.4 Å². The number of methoxy groups -OCH3 is 2. The van der Waals surface area contributed by atoms with Crippen molar-refractivity contribution in [1.82, 2.24) is 24.9 Å². The number of hydrogen-bond donors (Lipinski definition) is 2. The molecule has 0 aromatic heterocycles. The fourth-order valence-corrected chi connectivity index (χ4v) is 9.72. The second-order valence-electron chi connectivity index (χ2n) is 19.4. The smallest absolute Gasteiger partial charge is 0.326 e. The van der Waals surface area contributed by atoms with Gasteiger partial charge in [0.2, 0.25) is 23.6 Å². The molecule has 0 bridgehead atoms. The predicted molar refractivity (Wildman–Crippen MR) is 254 cm³/mol. The van der Waals surface area contributed by atoms with Crippen molar-refractivity contribution >= 4 is 47.2 Å². The van der Waals surface area contributed by atoms with E-state index in [4.69, 9.17) is 9.47 Å². The van der Waals surface area contributed by atoms with Crippen LogP contribution in [0.5, 0.6) is 0 Å². The summed E-state index contributed by atoms with van der Waals surface area (Å²) in [5.41, 5.74) is 1.81. The molecule has 2 aliphatic heterocycles. The third-order valence-electron chi connectivity index (χ3n) is 13.9. The van der Waals surface area contributed by atoms with Crippen LogP contribution in [0.25, 0.3) is 0 Å². The number of ether oxygens (including phenoxy) is 2. The van der Waals surface area contributed by atoms with Crippen LogP contribution in [0.2, 0.25) is 0 Å². The molecule has 0 spiro atoms. The van der Waals surface area contributed by atoms with Gasteiger partial charge in [0, 0.05) is 78.7 Å². The van der Waals surface area contributed by atoms with Gasteiger partial charge in [-0.15, -0.1) is 0 Å². The Labute approximate surface area is 398 Å². The minimum atomic E-state index is -1.16. The van der Waals surface area contributed by atoms with Gasteiger partial charge in [-0.2, -0.15) is 0 Å². The second kappa shape index (κ2) is 26.5. The van der Waals surface area contributed by atoms with E-state index < -0.39 is 60.1 Å². The Balaban J connectivity index is 1.71. The van der Waals surface area contributed by atoms with Crippen molar-refractivity contribution in [1.29, 1.82) is 0 Å². The van der Waals surface area contributed by atoms with Gasteiger partial charge in [-0.3, -0.25) is 38.5 Å². The number of likely N-dealkylation sites (N-methyl/N-ethyl adjacent to an activating group) is 2. The zero-order valence-corrected chi connectivity index (χ0v) is 42.1. The van der Waals surface area contributed by atoms with Crippen LogP contribution in [0.15, 0.2) is 36.4 Å². The molecular weight excluding hydrogens is 859 g/mol. The van der Waals surface area contributed by atoms with Gasteiger partial charge in [-0.25, -0.2) is 4.79 Å². The average Bonchev–Trinajstić information content (AvgIpc) is 3.90. The summed E-state index contributed by atoms with van der Waals surface area (Å²) < 4.78 is 12.0. The minimum Gasteiger partial charge on any atom is -0.480 e. The molecule has 1 saturated heterocycles. The number of nitrogens with one attached hydrogen (secondary N) is 1. The summed E-state index contributed by atoms with van der Waals surface area (Å²) in [6.45, 7) is 15.9. The maximum Gasteiger partial charge on any atom is 0.326 e. The fraction of sp³-hybridized carbons (Fsp3) is 0.686. The lowest BCUT2D eigenvalue weighted by Crippen LogP contribution is -2.55. The molecule has 0 aliphatic carbocycles. The Kier molecular flexibility index (Phi) is 22.3. The van der Waals surface area contributed by atoms with Gasteiger partial charge in [-0.05, 0) is 55.9 Å². The first-order chi connectivity index (χ1) is 31.6. The summed E-state index contributed by atoms with van der Waals surface area (Å²) in [6.07, 6.45) is 4.81. The molecule has 2 aliphatic rings. The number of carboxylic acid groups (broad SMARTS) is 1. The highest BCUT2D eigenvalue weighted by molar-refractivity contribution is 6.12. The molecule has 2 N–H and O–H groups in total. The van der Waals surface area contributed by atoms with Crippen molar-refractivity contribution in [3.05, 3.63) is 47.5 Å². The van der Waals surface area contributed by atoms with Crippen LogP contribution in [-0.4, -0.2) is 150 Å². The maximum absolute atomic E-state index is 14.6. The highest BCUT2D eigenvalue weighted by Crippen LogP contribution is 2.31. The van der Waals surface area contributed by atoms with E-state index in [1.165, 1.54) is 36.2 Å². The van der Waals surface area contributed by atoms with Crippen LogP contribution >= 0.6 is 0 Å². The van der Waals surface area contributed by atoms with E-state index in [0.29, 0.717) is 45.1 Å². The van der Waals surface area contributed by atoms with Gasteiger partial charge in [0.1, 0.15) is 6.04 Å². The average molecular weight is 938 g/mol. The largest absolute Gasteiger partial charge is 0.480 e. The zero-order valence-electron chi connectivity index (χ0n) is 42.1. The van der Waals surface area contributed by atoms with E-state index in [0.717, 1.165) is 11.1 Å². The molecule has 374 valence electrons. The number of aliphatic carboxylic acids is 1. The Bertz CT molecular complexity index is 1880. The number of unbranched alkanes of at least 4 members (excludes halogenated alkanes) is 2. The number of likely N-dealkylation sites (tertiary alicyclic amines) is 1. The third kappa shape index (κ3) is 15.3. The van der Waals surface area contributed by atoms with Crippen LogP contribution in [0.1, 0.15) is 117 Å². The summed E-state index contributed by atoms with van der Waals surface area (Å²) in [5.74, 6) is -5.31. The predicted octanol–water partition coefficient (Wildman–Crippen LogP) is 5.23. The van der Waals surface area contributed by atoms with Gasteiger partial charge < -0.3 is 34.6 Å². The van der Waals surface area contributed by atoms with Crippen LogP contribution in [0.3, 0.4) is 0 Å². The van der Waals surface area contributed by atoms with Gasteiger partial charge in [0.15, 0.2) is 5.78 Å². The molecular formula is C51H79N5O11. The second-order valence-corrected chi connectivity index (χ2v) is 19.4. The van der Waals surface area contributed by atoms with Crippen LogP contribution in [0.4, 0.5) is 0 Å². The molecule has 16 nitrogen and oxygen atoms in total. The first-order valence-electron chi connectivity index (χ1n) is 24.1. The van der Waals surface area contributed by atoms with Crippen molar-refractivity contribution in [3.8, 4) is 0 Å². The summed E-state index contributed by atoms with van der Waals surface area (Å²) in [7, 11) is 6.31. The molecule has 0 saturated carbocycles. The fourth-order valence-electron chi connectivity index (χ4n) is 9.72. The molecule has 1 fully saturated rings. The molecule has 67 heavy (non-hydrogen) atoms. The number of nitrogens with zero attached hydrogens (tertiary/aromatic N) is 4. The van der Waals surface area contributed by atoms with Crippen LogP contribution in [0, 0.1) is 36.5 Å². The quantitative estimate of drug-likeness (QED) is 0.0824. The molecule has 0 unspecified atom stereocenters. The first-order valence-corrected chi connectivity index (χ1v) is 24.1. The molecule has 2 heterocycles. The summed E-state index contributed by atoms with van der Waals surface area (Å²) in [5, 5.41) is 12.7. The normalized spacial score (nSPS) is 18.6. The van der Waals surface area contributed by atoms with E-state index in [2.05, 4.69) is 5.32 Å². The number of hydrogen-bond acceptors (Lipinski definition) is 10. The maximum atomic E-state index is 14.6. The summed E-state index contributed by atoms with van der Waals surface area (Å²) in [6, 6.07) is 4.52. The molecule has 3 rings (SSSR count). The van der Waals surface area contributed by atoms with Crippen molar-refractivity contribution in [2.24, 2.45) is 29.6 Å². The highest BCUT2D eigenvalue weighted by Gasteiger charge is 2.44. The van der Waals surface area contributed by atoms with Crippen LogP contribution in [-0.2, 0) is 54.3 Å². The number of carboxylic acids is 1. The van der Waals surface area contributed by atoms with Gasteiger partial charge in [-0.1, -0.05) is 91.1 Å². The third-order valence-corrected chi connectivity index (χ3v) is 13.9. The van der Waals surface area contributed by atoms with Gasteiger partial charge in [0.05, 0.1) is 42.7 Å². The van der Waals surface area contributed by atoms with Crippen molar-refractivity contribution in [3.63, 3.8) is 0 Å². The van der Waals surface area contributed by atoms with E-state index in [9.17, 15) is 43.5 Å². The number of ketones is 1. The number of carbonyl (C=O) groups is 8. The Hall–Kier alpha value is -4.96. The van der Waals surface area contributed by atoms with Crippen LogP contribution < -0.4 is 5.32 Å². The number of Topliss-reactive ketones (excluding diaryl/α,β-unsaturated/α-hetero) is 1. The van der Waals surface area contributed by atoms with Crippen molar-refractivity contribution < 1.29 is 52.9 Å². The number of benzene rings is 1. The SMILES string of the molecule is CC[C@H](C)[C@@H]([C@@H](CC(=O)N1CCC[C@H]1[C@H](OC)[C@@H](C)C(=O)N[C@@H](Cc1ccc(C)cc1)C(=O)O)OC)N(C)C(=O)[C@@H](CC(=O)[C@H](C(C)C)N(C)C(=O)CCCCCN1C(=O)C=CC1=O)C(C)C. The number of carbonyl (C=O) groups excluding carboxylic acids is 7. The number of imide groups is 1. The topological polar surface area (TPSA) is 200 Å². The molecule has 0 radical (unpaired) electrons. The number of amides is 6. The molecule has 16 heteroatoms. The van der Waals surface area contributed by atoms with E-state index in [-0.39, 0.29) is 85.3 Å². The van der Waals surface area contributed by atoms with E-state index in [1.54, 1.807) is 30.8 Å². The lowest BCUT2D eigenvalue weighted by molar-refractivity contribution is -0.150. The summed E-state index contributed by atoms with van der Waals surface area (Å²) >= 11 is 0. The molecule has 9 atom stereocenters. The number of rotatable bonds is 28. The standard InChI is InChI=1S/C51H79N5O11/c1-13-34(7)47(54(10)50(63)37(31(2)3)29-40(57)46(32(4)5)53(9)42(58)19-15-14-16-26-56-43(59)24-25-44(56)60)41(66-11)30-45(61)55-27-17-18-39(55)48(67-12)35(8)49(62)52-38(51(64)65)28-36-22-20-33(6)21-23-36/h20-25,31-32,34-35,37-39,41,46-48H,13-19,26-30H2,1-12H3,(H,52,62)(H,64,65)/t34-,35+,37-,38-,39-,41+,46-,47-,48+/m0/s1. The van der Waals surface area contributed by atoms with E-state index >= 15 is 0 Å². The summed E-state index contributed by atoms with van der Waals surface area (Å²) in [4.78, 5) is 112. The molecule has 6 amide bonds. The minimum absolute atomic E-state index is 0.0619. The zero-order chi connectivity index (χ0) is 50.3. The molecule has 1 aromatic carbocycles. The highest BCUT2D eigenvalue weighted by atomic mass is 16.5. The van der Waals surface area contributed by atoms with Gasteiger partial charge >= 0.3 is 5.97 Å². The lowest BCUT2D eigenvalue weighted by Gasteiger charge is -2.41. The van der Waals surface area contributed by atoms with Gasteiger partial charge in [0.25, 0.3) is 11.8 Å². The van der Waals surface area contributed by atoms with Crippen molar-refractivity contribution in [2.45, 2.75) is 156 Å². The monoisotopic (exact) mass is 938 g/mol. The Morgan fingerprint density at radius 3 is 2.01 bits per heavy atom. The van der Waals surface area contributed by atoms with E-state index in [1.807, 2.05) is 72.7 Å². The first kappa shape index (κ1) is 56.4. The lowest BCUT2D eigenvalue weighted by atomic mass is 9.83. The Morgan fingerprint density at radius 2 is 1.48 bits per heavy atom. The number of aryl methyl sites for hydroxylation is 1. The molecule has 1 aromatic rings. The Morgan fingerprint density at radius 1 is 0.851 bits per heavy atom.